The van der Waals surface area contributed by atoms with Gasteiger partial charge in [0.25, 0.3) is 5.91 Å². The molecule has 1 fully saturated rings. The second-order valence-corrected chi connectivity index (χ2v) is 9.39. The number of nitrogens with one attached hydrogen (secondary N) is 1. The van der Waals surface area contributed by atoms with Gasteiger partial charge in [0.15, 0.2) is 11.6 Å². The lowest BCUT2D eigenvalue weighted by molar-refractivity contribution is 0.0607. The van der Waals surface area contributed by atoms with Crippen LogP contribution in [0.15, 0.2) is 36.4 Å². The molecule has 33 heavy (non-hydrogen) atoms. The summed E-state index contributed by atoms with van der Waals surface area (Å²) in [4.78, 5) is 27.6. The monoisotopic (exact) mass is 470 g/mol. The van der Waals surface area contributed by atoms with Crippen LogP contribution in [0, 0.1) is 24.4 Å². The average molecular weight is 471 g/mol. The van der Waals surface area contributed by atoms with Gasteiger partial charge >= 0.3 is 0 Å². The van der Waals surface area contributed by atoms with Gasteiger partial charge in [0.1, 0.15) is 22.9 Å². The zero-order valence-corrected chi connectivity index (χ0v) is 18.7. The smallest absolute Gasteiger partial charge is 0.274 e. The molecule has 0 unspecified atom stereocenters. The topological polar surface area (TPSA) is 61.9 Å². The second kappa shape index (κ2) is 8.62. The van der Waals surface area contributed by atoms with E-state index < -0.39 is 17.5 Å². The highest BCUT2D eigenvalue weighted by Gasteiger charge is 2.32. The van der Waals surface area contributed by atoms with E-state index >= 15 is 0 Å². The van der Waals surface area contributed by atoms with Crippen molar-refractivity contribution in [2.24, 2.45) is 0 Å². The molecular formula is C24H21F3N4OS. The third-order valence-corrected chi connectivity index (χ3v) is 6.97. The molecule has 0 radical (unpaired) electrons. The molecule has 2 aromatic carbocycles. The minimum Gasteiger partial charge on any atom is -0.342 e. The van der Waals surface area contributed by atoms with Gasteiger partial charge < -0.3 is 9.88 Å². The molecule has 1 N–H and O–H groups in total. The number of piperidine rings is 1. The molecule has 170 valence electrons. The van der Waals surface area contributed by atoms with Crippen LogP contribution >= 0.6 is 11.3 Å². The van der Waals surface area contributed by atoms with Crippen LogP contribution in [0.3, 0.4) is 0 Å². The zero-order valence-electron chi connectivity index (χ0n) is 17.9. The molecule has 0 aliphatic carbocycles. The molecule has 9 heteroatoms. The maximum absolute atomic E-state index is 14.5. The number of halogens is 3. The number of likely N-dealkylation sites (tertiary alicyclic amines) is 1. The van der Waals surface area contributed by atoms with E-state index in [4.69, 9.17) is 0 Å². The minimum atomic E-state index is -0.987. The van der Waals surface area contributed by atoms with Crippen LogP contribution in [-0.4, -0.2) is 38.3 Å². The Morgan fingerprint density at radius 1 is 1.12 bits per heavy atom. The second-order valence-electron chi connectivity index (χ2n) is 8.18. The lowest BCUT2D eigenvalue weighted by atomic mass is 9.98. The van der Waals surface area contributed by atoms with Gasteiger partial charge in [-0.15, -0.1) is 11.3 Å². The Labute approximate surface area is 192 Å². The number of carbonyl (C=O) groups excluding carboxylic acids is 1. The van der Waals surface area contributed by atoms with Crippen LogP contribution in [-0.2, 0) is 6.42 Å². The number of imidazole rings is 1. The molecule has 0 saturated carbocycles. The van der Waals surface area contributed by atoms with E-state index in [9.17, 15) is 18.0 Å². The van der Waals surface area contributed by atoms with Crippen molar-refractivity contribution >= 4 is 28.3 Å². The van der Waals surface area contributed by atoms with Crippen LogP contribution in [0.5, 0.6) is 0 Å². The molecule has 5 nitrogen and oxygen atoms in total. The summed E-state index contributed by atoms with van der Waals surface area (Å²) in [7, 11) is 0. The first kappa shape index (κ1) is 21.6. The quantitative estimate of drug-likeness (QED) is 0.419. The van der Waals surface area contributed by atoms with E-state index in [1.54, 1.807) is 30.0 Å². The van der Waals surface area contributed by atoms with Crippen molar-refractivity contribution in [3.8, 4) is 10.4 Å². The predicted molar refractivity (Wildman–Crippen MR) is 121 cm³/mol. The van der Waals surface area contributed by atoms with Crippen molar-refractivity contribution < 1.29 is 18.0 Å². The molecule has 5 rings (SSSR count). The van der Waals surface area contributed by atoms with Crippen LogP contribution < -0.4 is 0 Å². The van der Waals surface area contributed by atoms with Crippen LogP contribution in [0.25, 0.3) is 21.5 Å². The summed E-state index contributed by atoms with van der Waals surface area (Å²) in [5.74, 6) is -2.10. The summed E-state index contributed by atoms with van der Waals surface area (Å²) < 4.78 is 42.1. The van der Waals surface area contributed by atoms with Gasteiger partial charge in [-0.25, -0.2) is 23.1 Å². The fraction of sp³-hybridized carbons (Fsp3) is 0.292. The van der Waals surface area contributed by atoms with E-state index in [0.29, 0.717) is 39.8 Å². The third-order valence-electron chi connectivity index (χ3n) is 5.97. The molecule has 0 bridgehead atoms. The minimum absolute atomic E-state index is 0.0457. The van der Waals surface area contributed by atoms with Gasteiger partial charge in [-0.1, -0.05) is 18.2 Å². The summed E-state index contributed by atoms with van der Waals surface area (Å²) in [5.41, 5.74) is 0.965. The van der Waals surface area contributed by atoms with Gasteiger partial charge in [0, 0.05) is 24.6 Å². The molecule has 0 spiro atoms. The lowest BCUT2D eigenvalue weighted by Crippen LogP contribution is -2.45. The van der Waals surface area contributed by atoms with E-state index in [0.717, 1.165) is 25.3 Å². The first-order valence-electron chi connectivity index (χ1n) is 10.8. The number of amides is 1. The zero-order chi connectivity index (χ0) is 23.1. The molecule has 1 atom stereocenters. The number of rotatable bonds is 4. The summed E-state index contributed by atoms with van der Waals surface area (Å²) in [6.45, 7) is 2.33. The lowest BCUT2D eigenvalue weighted by Gasteiger charge is -2.35. The van der Waals surface area contributed by atoms with Crippen molar-refractivity contribution in [2.45, 2.75) is 38.6 Å². The first-order chi connectivity index (χ1) is 15.9. The highest BCUT2D eigenvalue weighted by Crippen LogP contribution is 2.34. The van der Waals surface area contributed by atoms with E-state index in [2.05, 4.69) is 15.0 Å². The molecule has 1 aliphatic heterocycles. The third kappa shape index (κ3) is 4.01. The standard InChI is InChI=1S/C24H21F3N4OS/c1-13-28-22(23(33-13)15-7-2-3-8-16(15)25)24(32)31-11-5-4-6-14(31)12-19-29-18-10-9-17(26)20(27)21(18)30-19/h2-3,7-10,14H,4-6,11-12H2,1H3,(H,29,30)/t14-/m0/s1. The largest absolute Gasteiger partial charge is 0.342 e. The highest BCUT2D eigenvalue weighted by molar-refractivity contribution is 7.15. The van der Waals surface area contributed by atoms with E-state index in [1.165, 1.54) is 23.5 Å². The number of hydrogen-bond donors (Lipinski definition) is 1. The number of nitrogens with zero attached hydrogens (tertiary/aromatic N) is 3. The van der Waals surface area contributed by atoms with Crippen LogP contribution in [0.2, 0.25) is 0 Å². The highest BCUT2D eigenvalue weighted by atomic mass is 32.1. The fourth-order valence-electron chi connectivity index (χ4n) is 4.40. The number of thiazole rings is 1. The first-order valence-corrected chi connectivity index (χ1v) is 11.6. The molecule has 1 aliphatic rings. The van der Waals surface area contributed by atoms with Gasteiger partial charge in [0.2, 0.25) is 0 Å². The van der Waals surface area contributed by atoms with Gasteiger partial charge in [-0.2, -0.15) is 0 Å². The molecule has 4 aromatic rings. The van der Waals surface area contributed by atoms with Gasteiger partial charge in [-0.3, -0.25) is 4.79 Å². The maximum Gasteiger partial charge on any atom is 0.274 e. The van der Waals surface area contributed by atoms with Crippen LogP contribution in [0.4, 0.5) is 13.2 Å². The Bertz CT molecular complexity index is 1350. The van der Waals surface area contributed by atoms with Gasteiger partial charge in [0.05, 0.1) is 15.4 Å². The number of carbonyl (C=O) groups is 1. The van der Waals surface area contributed by atoms with E-state index in [-0.39, 0.29) is 23.2 Å². The Morgan fingerprint density at radius 3 is 2.76 bits per heavy atom. The SMILES string of the molecule is Cc1nc(C(=O)N2CCCC[C@H]2Cc2nc3c(F)c(F)ccc3[nH]2)c(-c2ccccc2F)s1. The number of aromatic nitrogens is 3. The maximum atomic E-state index is 14.5. The Hall–Kier alpha value is -3.20. The Balaban J connectivity index is 1.46. The van der Waals surface area contributed by atoms with Crippen molar-refractivity contribution in [2.75, 3.05) is 6.54 Å². The van der Waals surface area contributed by atoms with Crippen molar-refractivity contribution in [3.63, 3.8) is 0 Å². The Morgan fingerprint density at radius 2 is 1.94 bits per heavy atom. The van der Waals surface area contributed by atoms with Gasteiger partial charge in [-0.05, 0) is 44.4 Å². The number of hydrogen-bond acceptors (Lipinski definition) is 4. The summed E-state index contributed by atoms with van der Waals surface area (Å²) in [5, 5.41) is 0.681. The van der Waals surface area contributed by atoms with Crippen molar-refractivity contribution in [1.82, 2.24) is 19.9 Å². The summed E-state index contributed by atoms with van der Waals surface area (Å²) in [6.07, 6.45) is 2.91. The molecule has 1 saturated heterocycles. The van der Waals surface area contributed by atoms with Crippen LogP contribution in [0.1, 0.15) is 40.6 Å². The average Bonchev–Trinajstić information content (AvgIpc) is 3.40. The summed E-state index contributed by atoms with van der Waals surface area (Å²) >= 11 is 1.29. The Kier molecular flexibility index (Phi) is 5.65. The van der Waals surface area contributed by atoms with Crippen molar-refractivity contribution in [1.29, 1.82) is 0 Å². The molecular weight excluding hydrogens is 449 g/mol. The number of fused-ring (bicyclic) bond motifs is 1. The molecule has 2 aromatic heterocycles. The molecule has 1 amide bonds. The normalized spacial score (nSPS) is 16.5. The summed E-state index contributed by atoms with van der Waals surface area (Å²) in [6, 6.07) is 8.68. The predicted octanol–water partition coefficient (Wildman–Crippen LogP) is 5.65. The number of H-pyrrole nitrogens is 1. The number of aryl methyl sites for hydroxylation is 1. The fourth-order valence-corrected chi connectivity index (χ4v) is 5.34. The van der Waals surface area contributed by atoms with E-state index in [1.807, 2.05) is 0 Å². The molecule has 3 heterocycles. The number of benzene rings is 2. The van der Waals surface area contributed by atoms with Crippen molar-refractivity contribution in [3.05, 3.63) is 70.4 Å². The number of aromatic amines is 1.